The van der Waals surface area contributed by atoms with Gasteiger partial charge < -0.3 is 10.2 Å². The molecule has 0 saturated carbocycles. The number of nitrogens with one attached hydrogen (secondary N) is 1. The zero-order chi connectivity index (χ0) is 10.7. The van der Waals surface area contributed by atoms with Crippen LogP contribution in [-0.2, 0) is 0 Å². The minimum atomic E-state index is 0.786. The van der Waals surface area contributed by atoms with Crippen LogP contribution in [0.15, 0.2) is 0 Å². The molecule has 0 amide bonds. The highest BCUT2D eigenvalue weighted by molar-refractivity contribution is 4.87. The van der Waals surface area contributed by atoms with Crippen LogP contribution in [0, 0.1) is 5.92 Å². The second kappa shape index (κ2) is 5.31. The predicted octanol–water partition coefficient (Wildman–Crippen LogP) is 2.25. The van der Waals surface area contributed by atoms with Crippen LogP contribution < -0.4 is 5.32 Å². The summed E-state index contributed by atoms with van der Waals surface area (Å²) in [7, 11) is 0. The Bertz CT molecular complexity index is 187. The molecular formula is C13H26N2. The Labute approximate surface area is 94.4 Å². The van der Waals surface area contributed by atoms with Crippen molar-refractivity contribution in [2.24, 2.45) is 5.92 Å². The van der Waals surface area contributed by atoms with Crippen LogP contribution >= 0.6 is 0 Å². The fourth-order valence-electron chi connectivity index (χ4n) is 3.14. The molecule has 0 radical (unpaired) electrons. The molecule has 0 aromatic rings. The van der Waals surface area contributed by atoms with E-state index in [4.69, 9.17) is 0 Å². The van der Waals surface area contributed by atoms with Gasteiger partial charge in [-0.3, -0.25) is 0 Å². The molecule has 0 spiro atoms. The van der Waals surface area contributed by atoms with Crippen LogP contribution in [0.4, 0.5) is 0 Å². The topological polar surface area (TPSA) is 15.3 Å². The van der Waals surface area contributed by atoms with E-state index in [-0.39, 0.29) is 0 Å². The maximum absolute atomic E-state index is 3.68. The third-order valence-corrected chi connectivity index (χ3v) is 4.37. The van der Waals surface area contributed by atoms with Crippen LogP contribution in [0.5, 0.6) is 0 Å². The van der Waals surface area contributed by atoms with E-state index in [1.165, 1.54) is 51.7 Å². The Kier molecular flexibility index (Phi) is 4.04. The molecule has 2 fully saturated rings. The van der Waals surface area contributed by atoms with Gasteiger partial charge in [0.05, 0.1) is 0 Å². The van der Waals surface area contributed by atoms with E-state index in [1.807, 2.05) is 0 Å². The molecular weight excluding hydrogens is 184 g/mol. The van der Waals surface area contributed by atoms with Crippen molar-refractivity contribution < 1.29 is 0 Å². The number of rotatable bonds is 3. The predicted molar refractivity (Wildman–Crippen MR) is 65.1 cm³/mol. The number of nitrogens with zero attached hydrogens (tertiary/aromatic N) is 1. The van der Waals surface area contributed by atoms with Crippen LogP contribution in [0.1, 0.15) is 46.0 Å². The minimum Gasteiger partial charge on any atom is -0.314 e. The number of likely N-dealkylation sites (tertiary alicyclic amines) is 1. The van der Waals surface area contributed by atoms with E-state index in [2.05, 4.69) is 24.1 Å². The van der Waals surface area contributed by atoms with Crippen molar-refractivity contribution in [3.05, 3.63) is 0 Å². The molecule has 2 aliphatic heterocycles. The maximum Gasteiger partial charge on any atom is 0.0108 e. The van der Waals surface area contributed by atoms with Gasteiger partial charge in [0.25, 0.3) is 0 Å². The van der Waals surface area contributed by atoms with Crippen molar-refractivity contribution in [2.45, 2.75) is 58.0 Å². The fourth-order valence-corrected chi connectivity index (χ4v) is 3.14. The zero-order valence-corrected chi connectivity index (χ0v) is 10.3. The first-order chi connectivity index (χ1) is 7.31. The fraction of sp³-hybridized carbons (Fsp3) is 1.00. The average Bonchev–Trinajstić information content (AvgIpc) is 2.82. The van der Waals surface area contributed by atoms with Crippen LogP contribution in [0.3, 0.4) is 0 Å². The smallest absolute Gasteiger partial charge is 0.0108 e. The van der Waals surface area contributed by atoms with Gasteiger partial charge in [0, 0.05) is 18.6 Å². The molecule has 3 unspecified atom stereocenters. The third-order valence-electron chi connectivity index (χ3n) is 4.37. The first-order valence-electron chi connectivity index (χ1n) is 6.78. The summed E-state index contributed by atoms with van der Waals surface area (Å²) in [4.78, 5) is 2.70. The minimum absolute atomic E-state index is 0.786. The summed E-state index contributed by atoms with van der Waals surface area (Å²) < 4.78 is 0. The van der Waals surface area contributed by atoms with Gasteiger partial charge in [0.2, 0.25) is 0 Å². The Balaban J connectivity index is 1.86. The monoisotopic (exact) mass is 210 g/mol. The number of piperidine rings is 1. The summed E-state index contributed by atoms with van der Waals surface area (Å²) in [6.07, 6.45) is 6.96. The largest absolute Gasteiger partial charge is 0.314 e. The molecule has 88 valence electrons. The van der Waals surface area contributed by atoms with Gasteiger partial charge in [-0.25, -0.2) is 0 Å². The second-order valence-corrected chi connectivity index (χ2v) is 5.36. The molecule has 0 aromatic carbocycles. The summed E-state index contributed by atoms with van der Waals surface area (Å²) in [5, 5.41) is 3.68. The molecule has 2 heterocycles. The molecule has 2 rings (SSSR count). The summed E-state index contributed by atoms with van der Waals surface area (Å²) in [6, 6.07) is 1.62. The van der Waals surface area contributed by atoms with E-state index >= 15 is 0 Å². The molecule has 2 heteroatoms. The van der Waals surface area contributed by atoms with Gasteiger partial charge >= 0.3 is 0 Å². The summed E-state index contributed by atoms with van der Waals surface area (Å²) >= 11 is 0. The highest BCUT2D eigenvalue weighted by atomic mass is 15.2. The quantitative estimate of drug-likeness (QED) is 0.768. The van der Waals surface area contributed by atoms with Gasteiger partial charge in [0.1, 0.15) is 0 Å². The normalized spacial score (nSPS) is 35.6. The lowest BCUT2D eigenvalue weighted by atomic mass is 9.89. The summed E-state index contributed by atoms with van der Waals surface area (Å²) in [6.45, 7) is 8.61. The summed E-state index contributed by atoms with van der Waals surface area (Å²) in [5.41, 5.74) is 0. The number of hydrogen-bond donors (Lipinski definition) is 1. The Hall–Kier alpha value is -0.0800. The lowest BCUT2D eigenvalue weighted by Gasteiger charge is -2.38. The van der Waals surface area contributed by atoms with Gasteiger partial charge in [-0.1, -0.05) is 6.92 Å². The van der Waals surface area contributed by atoms with Crippen molar-refractivity contribution in [3.63, 3.8) is 0 Å². The van der Waals surface area contributed by atoms with Crippen LogP contribution in [-0.4, -0.2) is 36.6 Å². The zero-order valence-electron chi connectivity index (χ0n) is 10.3. The third kappa shape index (κ3) is 2.73. The Morgan fingerprint density at radius 3 is 2.87 bits per heavy atom. The van der Waals surface area contributed by atoms with Crippen molar-refractivity contribution in [1.82, 2.24) is 10.2 Å². The van der Waals surface area contributed by atoms with E-state index in [1.54, 1.807) is 0 Å². The van der Waals surface area contributed by atoms with E-state index in [0.717, 1.165) is 18.0 Å². The van der Waals surface area contributed by atoms with Crippen molar-refractivity contribution in [3.8, 4) is 0 Å². The van der Waals surface area contributed by atoms with Gasteiger partial charge in [-0.05, 0) is 58.0 Å². The number of hydrogen-bond acceptors (Lipinski definition) is 2. The van der Waals surface area contributed by atoms with Crippen molar-refractivity contribution in [1.29, 1.82) is 0 Å². The Morgan fingerprint density at radius 1 is 1.33 bits per heavy atom. The average molecular weight is 210 g/mol. The van der Waals surface area contributed by atoms with Crippen LogP contribution in [0.2, 0.25) is 0 Å². The standard InChI is InChI=1S/C13H26N2/c1-3-11(2)15-9-5-6-12(10-15)13-7-4-8-14-13/h11-14H,3-10H2,1-2H3. The van der Waals surface area contributed by atoms with Crippen molar-refractivity contribution in [2.75, 3.05) is 19.6 Å². The lowest BCUT2D eigenvalue weighted by molar-refractivity contribution is 0.112. The molecule has 15 heavy (non-hydrogen) atoms. The maximum atomic E-state index is 3.68. The van der Waals surface area contributed by atoms with E-state index in [9.17, 15) is 0 Å². The lowest BCUT2D eigenvalue weighted by Crippen LogP contribution is -2.46. The Morgan fingerprint density at radius 2 is 2.20 bits per heavy atom. The first-order valence-corrected chi connectivity index (χ1v) is 6.78. The van der Waals surface area contributed by atoms with Crippen LogP contribution in [0.25, 0.3) is 0 Å². The van der Waals surface area contributed by atoms with Gasteiger partial charge in [-0.15, -0.1) is 0 Å². The molecule has 2 saturated heterocycles. The molecule has 0 aromatic heterocycles. The first kappa shape index (κ1) is 11.4. The molecule has 2 nitrogen and oxygen atoms in total. The molecule has 2 aliphatic rings. The molecule has 0 bridgehead atoms. The van der Waals surface area contributed by atoms with Crippen molar-refractivity contribution >= 4 is 0 Å². The SMILES string of the molecule is CCC(C)N1CCCC(C2CCCN2)C1. The highest BCUT2D eigenvalue weighted by Crippen LogP contribution is 2.26. The highest BCUT2D eigenvalue weighted by Gasteiger charge is 2.30. The van der Waals surface area contributed by atoms with E-state index in [0.29, 0.717) is 0 Å². The summed E-state index contributed by atoms with van der Waals surface area (Å²) in [5.74, 6) is 0.926. The molecule has 1 N–H and O–H groups in total. The van der Waals surface area contributed by atoms with Gasteiger partial charge in [0.15, 0.2) is 0 Å². The molecule has 3 atom stereocenters. The second-order valence-electron chi connectivity index (χ2n) is 5.36. The van der Waals surface area contributed by atoms with E-state index < -0.39 is 0 Å². The van der Waals surface area contributed by atoms with Gasteiger partial charge in [-0.2, -0.15) is 0 Å². The molecule has 0 aliphatic carbocycles.